The molecule has 0 radical (unpaired) electrons. The number of terminal acetylenes is 1. The van der Waals surface area contributed by atoms with E-state index in [1.54, 1.807) is 0 Å². The van der Waals surface area contributed by atoms with Gasteiger partial charge in [0.15, 0.2) is 0 Å². The zero-order chi connectivity index (χ0) is 12.6. The molecule has 4 nitrogen and oxygen atoms in total. The second-order valence-electron chi connectivity index (χ2n) is 4.85. The van der Waals surface area contributed by atoms with Crippen LogP contribution in [0.5, 0.6) is 0 Å². The number of nitrogens with zero attached hydrogens (tertiary/aromatic N) is 2. The third-order valence-electron chi connectivity index (χ3n) is 3.48. The summed E-state index contributed by atoms with van der Waals surface area (Å²) in [6.07, 6.45) is 13.6. The van der Waals surface area contributed by atoms with Crippen molar-refractivity contribution in [1.82, 2.24) is 20.2 Å². The number of H-pyrrole nitrogens is 1. The molecule has 0 aromatic carbocycles. The van der Waals surface area contributed by atoms with E-state index in [0.717, 1.165) is 44.8 Å². The van der Waals surface area contributed by atoms with Crippen molar-refractivity contribution in [2.24, 2.45) is 0 Å². The molecule has 0 saturated carbocycles. The highest BCUT2D eigenvalue weighted by Crippen LogP contribution is 2.09. The number of nitrogens with one attached hydrogen (secondary N) is 2. The molecule has 2 rings (SSSR count). The molecule has 0 atom stereocenters. The fraction of sp³-hybridized carbons (Fsp3) is 0.643. The Bertz CT molecular complexity index is 358. The molecular weight excluding hydrogens is 224 g/mol. The Morgan fingerprint density at radius 3 is 3.00 bits per heavy atom. The number of aromatic nitrogens is 2. The minimum atomic E-state index is 0.663. The van der Waals surface area contributed by atoms with Gasteiger partial charge in [0, 0.05) is 37.9 Å². The normalized spacial score (nSPS) is 17.7. The quantitative estimate of drug-likeness (QED) is 0.582. The highest BCUT2D eigenvalue weighted by atomic mass is 15.1. The molecule has 2 heterocycles. The Labute approximate surface area is 109 Å². The topological polar surface area (TPSA) is 44.0 Å². The lowest BCUT2D eigenvalue weighted by Gasteiger charge is -2.31. The summed E-state index contributed by atoms with van der Waals surface area (Å²) in [5.41, 5.74) is 0. The Hall–Kier alpha value is -1.31. The maximum absolute atomic E-state index is 5.32. The van der Waals surface area contributed by atoms with Crippen molar-refractivity contribution in [3.8, 4) is 12.3 Å². The molecule has 0 unspecified atom stereocenters. The van der Waals surface area contributed by atoms with Gasteiger partial charge in [-0.1, -0.05) is 5.92 Å². The molecule has 1 aromatic rings. The first-order valence-electron chi connectivity index (χ1n) is 6.76. The summed E-state index contributed by atoms with van der Waals surface area (Å²) in [5.74, 6) is 3.80. The summed E-state index contributed by atoms with van der Waals surface area (Å²) in [6, 6.07) is 0.663. The lowest BCUT2D eigenvalue weighted by molar-refractivity contribution is 0.218. The highest BCUT2D eigenvalue weighted by molar-refractivity contribution is 4.90. The van der Waals surface area contributed by atoms with E-state index in [0.29, 0.717) is 6.04 Å². The van der Waals surface area contributed by atoms with Gasteiger partial charge in [0.25, 0.3) is 0 Å². The van der Waals surface area contributed by atoms with E-state index < -0.39 is 0 Å². The van der Waals surface area contributed by atoms with Gasteiger partial charge < -0.3 is 10.3 Å². The summed E-state index contributed by atoms with van der Waals surface area (Å²) in [6.45, 7) is 4.12. The monoisotopic (exact) mass is 246 g/mol. The first-order chi connectivity index (χ1) is 8.88. The van der Waals surface area contributed by atoms with Gasteiger partial charge in [-0.2, -0.15) is 0 Å². The maximum atomic E-state index is 5.32. The van der Waals surface area contributed by atoms with Gasteiger partial charge in [-0.15, -0.1) is 6.42 Å². The number of piperidine rings is 1. The van der Waals surface area contributed by atoms with Crippen LogP contribution in [0, 0.1) is 12.3 Å². The van der Waals surface area contributed by atoms with Gasteiger partial charge in [0.1, 0.15) is 5.82 Å². The fourth-order valence-electron chi connectivity index (χ4n) is 2.42. The van der Waals surface area contributed by atoms with Gasteiger partial charge in [-0.25, -0.2) is 4.98 Å². The van der Waals surface area contributed by atoms with Crippen LogP contribution in [0.1, 0.15) is 25.1 Å². The molecule has 1 saturated heterocycles. The fourth-order valence-corrected chi connectivity index (χ4v) is 2.42. The van der Waals surface area contributed by atoms with Crippen LogP contribution < -0.4 is 5.32 Å². The lowest BCUT2D eigenvalue weighted by Crippen LogP contribution is -2.42. The lowest BCUT2D eigenvalue weighted by atomic mass is 10.0. The smallest absolute Gasteiger partial charge is 0.106 e. The molecule has 4 heteroatoms. The predicted octanol–water partition coefficient (Wildman–Crippen LogP) is 1.03. The van der Waals surface area contributed by atoms with E-state index in [-0.39, 0.29) is 0 Å². The van der Waals surface area contributed by atoms with Gasteiger partial charge in [-0.3, -0.25) is 4.90 Å². The SMILES string of the molecule is C#CCN1CCC(NCCCc2ncc[nH]2)CC1. The molecule has 1 aliphatic rings. The highest BCUT2D eigenvalue weighted by Gasteiger charge is 2.17. The number of hydrogen-bond acceptors (Lipinski definition) is 3. The number of hydrogen-bond donors (Lipinski definition) is 2. The molecule has 0 bridgehead atoms. The Kier molecular flexibility index (Phi) is 5.25. The van der Waals surface area contributed by atoms with E-state index >= 15 is 0 Å². The minimum Gasteiger partial charge on any atom is -0.349 e. The van der Waals surface area contributed by atoms with Gasteiger partial charge in [0.2, 0.25) is 0 Å². The molecule has 1 fully saturated rings. The average molecular weight is 246 g/mol. The zero-order valence-electron chi connectivity index (χ0n) is 10.9. The molecule has 18 heavy (non-hydrogen) atoms. The van der Waals surface area contributed by atoms with E-state index in [1.165, 1.54) is 12.8 Å². The van der Waals surface area contributed by atoms with Crippen molar-refractivity contribution in [3.05, 3.63) is 18.2 Å². The van der Waals surface area contributed by atoms with Crippen molar-refractivity contribution in [2.75, 3.05) is 26.2 Å². The summed E-state index contributed by atoms with van der Waals surface area (Å²) in [7, 11) is 0. The van der Waals surface area contributed by atoms with Crippen molar-refractivity contribution < 1.29 is 0 Å². The summed E-state index contributed by atoms with van der Waals surface area (Å²) >= 11 is 0. The third kappa shape index (κ3) is 4.17. The van der Waals surface area contributed by atoms with E-state index in [2.05, 4.69) is 26.1 Å². The van der Waals surface area contributed by atoms with E-state index in [1.807, 2.05) is 12.4 Å². The Balaban J connectivity index is 1.54. The van der Waals surface area contributed by atoms with Crippen molar-refractivity contribution in [1.29, 1.82) is 0 Å². The zero-order valence-corrected chi connectivity index (χ0v) is 10.9. The van der Waals surface area contributed by atoms with Crippen LogP contribution in [0.25, 0.3) is 0 Å². The van der Waals surface area contributed by atoms with Crippen LogP contribution in [0.15, 0.2) is 12.4 Å². The molecule has 1 aliphatic heterocycles. The van der Waals surface area contributed by atoms with E-state index in [4.69, 9.17) is 6.42 Å². The van der Waals surface area contributed by atoms with Gasteiger partial charge in [0.05, 0.1) is 6.54 Å². The third-order valence-corrected chi connectivity index (χ3v) is 3.48. The first-order valence-corrected chi connectivity index (χ1v) is 6.76. The second kappa shape index (κ2) is 7.20. The molecule has 0 spiro atoms. The first kappa shape index (κ1) is 13.1. The van der Waals surface area contributed by atoms with Crippen molar-refractivity contribution in [2.45, 2.75) is 31.7 Å². The number of imidazole rings is 1. The van der Waals surface area contributed by atoms with Crippen molar-refractivity contribution in [3.63, 3.8) is 0 Å². The maximum Gasteiger partial charge on any atom is 0.106 e. The number of aryl methyl sites for hydroxylation is 1. The van der Waals surface area contributed by atoms with Crippen LogP contribution in [0.3, 0.4) is 0 Å². The standard InChI is InChI=1S/C14H22N4/c1-2-10-18-11-5-13(6-12-18)15-7-3-4-14-16-8-9-17-14/h1,8-9,13,15H,3-7,10-12H2,(H,16,17). The van der Waals surface area contributed by atoms with Gasteiger partial charge >= 0.3 is 0 Å². The molecule has 2 N–H and O–H groups in total. The van der Waals surface area contributed by atoms with Crippen LogP contribution >= 0.6 is 0 Å². The molecular formula is C14H22N4. The molecule has 98 valence electrons. The molecule has 0 aliphatic carbocycles. The molecule has 0 amide bonds. The van der Waals surface area contributed by atoms with Crippen molar-refractivity contribution >= 4 is 0 Å². The van der Waals surface area contributed by atoms with E-state index in [9.17, 15) is 0 Å². The summed E-state index contributed by atoms with van der Waals surface area (Å²) < 4.78 is 0. The summed E-state index contributed by atoms with van der Waals surface area (Å²) in [4.78, 5) is 9.70. The number of likely N-dealkylation sites (tertiary alicyclic amines) is 1. The predicted molar refractivity (Wildman–Crippen MR) is 73.2 cm³/mol. The minimum absolute atomic E-state index is 0.663. The van der Waals surface area contributed by atoms with Crippen LogP contribution in [-0.4, -0.2) is 47.1 Å². The largest absolute Gasteiger partial charge is 0.349 e. The van der Waals surface area contributed by atoms with Crippen LogP contribution in [0.2, 0.25) is 0 Å². The van der Waals surface area contributed by atoms with Crippen LogP contribution in [0.4, 0.5) is 0 Å². The average Bonchev–Trinajstić information content (AvgIpc) is 2.90. The molecule has 1 aromatic heterocycles. The Morgan fingerprint density at radius 1 is 1.50 bits per heavy atom. The van der Waals surface area contributed by atoms with Gasteiger partial charge in [-0.05, 0) is 25.8 Å². The number of aromatic amines is 1. The van der Waals surface area contributed by atoms with Crippen LogP contribution in [-0.2, 0) is 6.42 Å². The Morgan fingerprint density at radius 2 is 2.33 bits per heavy atom. The number of rotatable bonds is 6. The summed E-state index contributed by atoms with van der Waals surface area (Å²) in [5, 5.41) is 3.63. The second-order valence-corrected chi connectivity index (χ2v) is 4.85.